The molecule has 2 rings (SSSR count). The highest BCUT2D eigenvalue weighted by Gasteiger charge is 2.33. The Morgan fingerprint density at radius 3 is 2.40 bits per heavy atom. The number of imide groups is 1. The molecule has 1 aromatic rings. The van der Waals surface area contributed by atoms with Gasteiger partial charge < -0.3 is 14.2 Å². The summed E-state index contributed by atoms with van der Waals surface area (Å²) in [7, 11) is 1.24. The molecule has 1 atom stereocenters. The molecule has 0 bridgehead atoms. The average molecular weight is 530 g/mol. The van der Waals surface area contributed by atoms with E-state index in [0.717, 1.165) is 22.7 Å². The first kappa shape index (κ1) is 28.8. The van der Waals surface area contributed by atoms with Gasteiger partial charge in [0.25, 0.3) is 5.91 Å². The molecule has 192 valence electrons. The number of hydrogen-bond donors (Lipinski definition) is 0. The summed E-state index contributed by atoms with van der Waals surface area (Å²) in [6.07, 6.45) is 1.73. The lowest BCUT2D eigenvalue weighted by atomic mass is 9.90. The Bertz CT molecular complexity index is 1010. The van der Waals surface area contributed by atoms with Gasteiger partial charge in [0, 0.05) is 29.1 Å². The molecule has 35 heavy (non-hydrogen) atoms. The lowest BCUT2D eigenvalue weighted by Crippen LogP contribution is -2.39. The van der Waals surface area contributed by atoms with Crippen LogP contribution in [0.5, 0.6) is 0 Å². The average Bonchev–Trinajstić information content (AvgIpc) is 2.85. The van der Waals surface area contributed by atoms with Gasteiger partial charge in [-0.1, -0.05) is 18.5 Å². The number of rotatable bonds is 10. The Kier molecular flexibility index (Phi) is 11.2. The molecular formula is C24H29ClFNO7S. The number of benzene rings is 1. The molecule has 11 heteroatoms. The van der Waals surface area contributed by atoms with Crippen LogP contribution in [0.3, 0.4) is 0 Å². The van der Waals surface area contributed by atoms with Crippen molar-refractivity contribution in [2.45, 2.75) is 63.0 Å². The van der Waals surface area contributed by atoms with Gasteiger partial charge in [-0.25, -0.2) is 14.1 Å². The Hall–Kier alpha value is -2.43. The highest BCUT2D eigenvalue weighted by molar-refractivity contribution is 8.00. The summed E-state index contributed by atoms with van der Waals surface area (Å²) < 4.78 is 29.9. The maximum absolute atomic E-state index is 15.1. The largest absolute Gasteiger partial charge is 0.468 e. The van der Waals surface area contributed by atoms with Gasteiger partial charge in [0.2, 0.25) is 5.91 Å². The summed E-state index contributed by atoms with van der Waals surface area (Å²) in [5, 5.41) is -0.657. The number of carbonyl (C=O) groups is 4. The fourth-order valence-electron chi connectivity index (χ4n) is 3.47. The molecule has 1 aromatic carbocycles. The second-order valence-corrected chi connectivity index (χ2v) is 9.40. The predicted molar refractivity (Wildman–Crippen MR) is 130 cm³/mol. The number of anilines is 1. The Balaban J connectivity index is 2.52. The monoisotopic (exact) mass is 529 g/mol. The van der Waals surface area contributed by atoms with Crippen LogP contribution in [0, 0.1) is 5.82 Å². The third-order valence-corrected chi connectivity index (χ3v) is 6.85. The molecule has 1 aliphatic carbocycles. The summed E-state index contributed by atoms with van der Waals surface area (Å²) in [5.74, 6) is -3.56. The van der Waals surface area contributed by atoms with Crippen molar-refractivity contribution in [3.63, 3.8) is 0 Å². The van der Waals surface area contributed by atoms with Gasteiger partial charge in [0.15, 0.2) is 6.79 Å². The van der Waals surface area contributed by atoms with Crippen molar-refractivity contribution in [1.82, 2.24) is 0 Å². The van der Waals surface area contributed by atoms with Crippen LogP contribution in [0.4, 0.5) is 10.1 Å². The van der Waals surface area contributed by atoms with E-state index in [1.807, 2.05) is 0 Å². The number of hydrogen-bond acceptors (Lipinski definition) is 8. The zero-order valence-electron chi connectivity index (χ0n) is 20.2. The third kappa shape index (κ3) is 7.28. The van der Waals surface area contributed by atoms with Crippen LogP contribution in [0.25, 0.3) is 0 Å². The molecule has 0 spiro atoms. The zero-order chi connectivity index (χ0) is 26.1. The van der Waals surface area contributed by atoms with Crippen molar-refractivity contribution in [2.24, 2.45) is 0 Å². The summed E-state index contributed by atoms with van der Waals surface area (Å²) in [6.45, 7) is 4.96. The molecule has 0 saturated heterocycles. The van der Waals surface area contributed by atoms with E-state index in [-0.39, 0.29) is 46.4 Å². The number of esters is 2. The maximum Gasteiger partial charge on any atom is 0.336 e. The van der Waals surface area contributed by atoms with Crippen molar-refractivity contribution in [3.05, 3.63) is 34.1 Å². The summed E-state index contributed by atoms with van der Waals surface area (Å²) in [4.78, 5) is 51.9. The first-order valence-electron chi connectivity index (χ1n) is 11.2. The van der Waals surface area contributed by atoms with Crippen molar-refractivity contribution in [1.29, 1.82) is 0 Å². The summed E-state index contributed by atoms with van der Waals surface area (Å²) >= 11 is 7.19. The smallest absolute Gasteiger partial charge is 0.336 e. The van der Waals surface area contributed by atoms with Crippen LogP contribution in [0.2, 0.25) is 5.02 Å². The number of nitrogens with zero attached hydrogens (tertiary/aromatic N) is 1. The maximum atomic E-state index is 15.1. The molecule has 0 N–H and O–H groups in total. The van der Waals surface area contributed by atoms with Crippen molar-refractivity contribution >= 4 is 52.8 Å². The van der Waals surface area contributed by atoms with Crippen LogP contribution in [0.15, 0.2) is 28.2 Å². The van der Waals surface area contributed by atoms with Crippen LogP contribution < -0.4 is 4.90 Å². The Morgan fingerprint density at radius 1 is 1.14 bits per heavy atom. The molecule has 1 unspecified atom stereocenters. The van der Waals surface area contributed by atoms with Gasteiger partial charge in [-0.3, -0.25) is 14.4 Å². The minimum atomic E-state index is -0.892. The second-order valence-electron chi connectivity index (χ2n) is 7.61. The zero-order valence-corrected chi connectivity index (χ0v) is 21.7. The summed E-state index contributed by atoms with van der Waals surface area (Å²) in [6, 6.07) is 2.24. The number of methoxy groups -OCH3 is 1. The van der Waals surface area contributed by atoms with E-state index in [4.69, 9.17) is 25.8 Å². The van der Waals surface area contributed by atoms with Crippen molar-refractivity contribution in [2.75, 3.05) is 25.4 Å². The molecule has 0 saturated carbocycles. The van der Waals surface area contributed by atoms with Gasteiger partial charge in [0.05, 0.1) is 17.8 Å². The quantitative estimate of drug-likeness (QED) is 0.184. The standard InChI is InChI=1S/C24H29ClFNO7S/c1-5-21(28)27(19-12-20(17(25)11-18(19)26)35-14(3)23(30)32-4)22(29)15-9-7-8-10-16(15)24(31)34-13-33-6-2/h11-12,14H,5-10,13H2,1-4H3. The second kappa shape index (κ2) is 13.6. The summed E-state index contributed by atoms with van der Waals surface area (Å²) in [5.41, 5.74) is -0.0601. The van der Waals surface area contributed by atoms with Crippen molar-refractivity contribution < 1.29 is 37.8 Å². The normalized spacial score (nSPS) is 14.3. The highest BCUT2D eigenvalue weighted by Crippen LogP contribution is 2.37. The molecule has 8 nitrogen and oxygen atoms in total. The van der Waals surface area contributed by atoms with E-state index in [2.05, 4.69) is 0 Å². The fraction of sp³-hybridized carbons (Fsp3) is 0.500. The van der Waals surface area contributed by atoms with E-state index in [0.29, 0.717) is 25.9 Å². The minimum absolute atomic E-state index is 0.0143. The number of carbonyl (C=O) groups excluding carboxylic acids is 4. The van der Waals surface area contributed by atoms with Crippen molar-refractivity contribution in [3.8, 4) is 0 Å². The molecule has 0 aromatic heterocycles. The van der Waals surface area contributed by atoms with Gasteiger partial charge in [-0.05, 0) is 51.7 Å². The molecule has 0 radical (unpaired) electrons. The van der Waals surface area contributed by atoms with Crippen LogP contribution in [-0.4, -0.2) is 49.5 Å². The van der Waals surface area contributed by atoms with Gasteiger partial charge >= 0.3 is 11.9 Å². The fourth-order valence-corrected chi connectivity index (χ4v) is 4.68. The Labute approximate surface area is 213 Å². The SMILES string of the molecule is CCOCOC(=O)C1=C(C(=O)N(C(=O)CC)c2cc(SC(C)C(=O)OC)c(Cl)cc2F)CCCC1. The first-order valence-corrected chi connectivity index (χ1v) is 12.5. The minimum Gasteiger partial charge on any atom is -0.468 e. The van der Waals surface area contributed by atoms with E-state index in [1.165, 1.54) is 20.1 Å². The van der Waals surface area contributed by atoms with Crippen LogP contribution >= 0.6 is 23.4 Å². The molecular weight excluding hydrogens is 501 g/mol. The lowest BCUT2D eigenvalue weighted by Gasteiger charge is -2.26. The molecule has 1 aliphatic rings. The van der Waals surface area contributed by atoms with Crippen LogP contribution in [-0.2, 0) is 33.4 Å². The predicted octanol–water partition coefficient (Wildman–Crippen LogP) is 4.81. The number of halogens is 2. The van der Waals surface area contributed by atoms with E-state index < -0.39 is 34.8 Å². The number of amides is 2. The van der Waals surface area contributed by atoms with Crippen LogP contribution in [0.1, 0.15) is 52.9 Å². The van der Waals surface area contributed by atoms with Gasteiger partial charge in [0.1, 0.15) is 11.1 Å². The lowest BCUT2D eigenvalue weighted by molar-refractivity contribution is -0.151. The Morgan fingerprint density at radius 2 is 1.80 bits per heavy atom. The first-order chi connectivity index (χ1) is 16.7. The van der Waals surface area contributed by atoms with E-state index in [9.17, 15) is 19.2 Å². The van der Waals surface area contributed by atoms with Gasteiger partial charge in [-0.15, -0.1) is 11.8 Å². The molecule has 0 heterocycles. The van der Waals surface area contributed by atoms with Gasteiger partial charge in [-0.2, -0.15) is 0 Å². The molecule has 0 fully saturated rings. The number of ether oxygens (including phenoxy) is 3. The van der Waals surface area contributed by atoms with E-state index >= 15 is 4.39 Å². The third-order valence-electron chi connectivity index (χ3n) is 5.28. The molecule has 2 amide bonds. The highest BCUT2D eigenvalue weighted by atomic mass is 35.5. The topological polar surface area (TPSA) is 99.2 Å². The van der Waals surface area contributed by atoms with E-state index in [1.54, 1.807) is 13.8 Å². The number of thioether (sulfide) groups is 1. The molecule has 0 aliphatic heterocycles.